The highest BCUT2D eigenvalue weighted by atomic mass is 35.5. The second-order valence-electron chi connectivity index (χ2n) is 7.66. The molecule has 0 bridgehead atoms. The highest BCUT2D eigenvalue weighted by molar-refractivity contribution is 6.32. The number of benzene rings is 3. The van der Waals surface area contributed by atoms with E-state index in [-0.39, 0.29) is 0 Å². The van der Waals surface area contributed by atoms with Crippen molar-refractivity contribution in [2.24, 2.45) is 4.99 Å². The summed E-state index contributed by atoms with van der Waals surface area (Å²) >= 11 is 6.37. The van der Waals surface area contributed by atoms with E-state index in [2.05, 4.69) is 24.3 Å². The van der Waals surface area contributed by atoms with Gasteiger partial charge in [-0.3, -0.25) is 0 Å². The number of nitrogens with zero attached hydrogens (tertiary/aromatic N) is 3. The molecule has 0 fully saturated rings. The largest absolute Gasteiger partial charge is 0.496 e. The van der Waals surface area contributed by atoms with E-state index in [1.54, 1.807) is 20.3 Å². The smallest absolute Gasteiger partial charge is 0.141 e. The Morgan fingerprint density at radius 1 is 0.824 bits per heavy atom. The van der Waals surface area contributed by atoms with E-state index in [0.717, 1.165) is 39.4 Å². The normalized spacial score (nSPS) is 10.8. The van der Waals surface area contributed by atoms with E-state index in [4.69, 9.17) is 31.1 Å². The zero-order valence-corrected chi connectivity index (χ0v) is 19.5. The Bertz CT molecular complexity index is 1440. The Kier molecular flexibility index (Phi) is 6.02. The van der Waals surface area contributed by atoms with Crippen molar-refractivity contribution in [3.63, 3.8) is 0 Å². The molecule has 5 aromatic rings. The number of hydrogen-bond donors (Lipinski definition) is 0. The minimum atomic E-state index is 0.496. The van der Waals surface area contributed by atoms with E-state index in [0.29, 0.717) is 16.5 Å². The van der Waals surface area contributed by atoms with Crippen LogP contribution in [0.1, 0.15) is 11.1 Å². The van der Waals surface area contributed by atoms with Gasteiger partial charge in [-0.25, -0.2) is 9.98 Å². The lowest BCUT2D eigenvalue weighted by Gasteiger charge is -2.10. The molecule has 0 spiro atoms. The van der Waals surface area contributed by atoms with Gasteiger partial charge in [-0.2, -0.15) is 0 Å². The number of aromatic nitrogens is 2. The quantitative estimate of drug-likeness (QED) is 0.257. The first-order valence-corrected chi connectivity index (χ1v) is 11.1. The van der Waals surface area contributed by atoms with Gasteiger partial charge in [-0.15, -0.1) is 0 Å². The number of methoxy groups -OCH3 is 2. The summed E-state index contributed by atoms with van der Waals surface area (Å²) in [5.41, 5.74) is 6.12. The summed E-state index contributed by atoms with van der Waals surface area (Å²) in [7, 11) is 3.19. The molecule has 5 nitrogen and oxygen atoms in total. The molecular weight excluding hydrogens is 446 g/mol. The minimum Gasteiger partial charge on any atom is -0.496 e. The maximum atomic E-state index is 6.37. The van der Waals surface area contributed by atoms with E-state index in [1.807, 2.05) is 71.4 Å². The molecule has 0 aliphatic carbocycles. The molecule has 5 rings (SSSR count). The number of imidazole rings is 1. The number of fused-ring (bicyclic) bond motifs is 1. The first kappa shape index (κ1) is 21.7. The van der Waals surface area contributed by atoms with Crippen molar-refractivity contribution in [2.75, 3.05) is 14.2 Å². The van der Waals surface area contributed by atoms with Gasteiger partial charge < -0.3 is 13.9 Å². The van der Waals surface area contributed by atoms with Crippen molar-refractivity contribution in [1.82, 2.24) is 9.38 Å². The van der Waals surface area contributed by atoms with Gasteiger partial charge in [0.05, 0.1) is 36.3 Å². The van der Waals surface area contributed by atoms with Crippen LogP contribution in [0, 0.1) is 0 Å². The fraction of sp³-hybridized carbons (Fsp3) is 0.0714. The monoisotopic (exact) mass is 467 g/mol. The summed E-state index contributed by atoms with van der Waals surface area (Å²) < 4.78 is 12.8. The average Bonchev–Trinajstić information content (AvgIpc) is 3.31. The Hall–Kier alpha value is -4.09. The maximum Gasteiger partial charge on any atom is 0.141 e. The maximum absolute atomic E-state index is 6.37. The van der Waals surface area contributed by atoms with Crippen molar-refractivity contribution >= 4 is 28.6 Å². The Labute approximate surface area is 202 Å². The molecule has 0 aliphatic heterocycles. The molecule has 0 unspecified atom stereocenters. The van der Waals surface area contributed by atoms with E-state index in [9.17, 15) is 0 Å². The number of rotatable bonds is 6. The molecule has 6 heteroatoms. The third kappa shape index (κ3) is 4.26. The van der Waals surface area contributed by atoms with Gasteiger partial charge in [-0.05, 0) is 12.1 Å². The highest BCUT2D eigenvalue weighted by Gasteiger charge is 2.15. The van der Waals surface area contributed by atoms with Crippen LogP contribution in [-0.4, -0.2) is 29.3 Å². The minimum absolute atomic E-state index is 0.496. The first-order valence-electron chi connectivity index (χ1n) is 10.8. The van der Waals surface area contributed by atoms with Crippen LogP contribution in [0.3, 0.4) is 0 Å². The Morgan fingerprint density at radius 3 is 2.09 bits per heavy atom. The summed E-state index contributed by atoms with van der Waals surface area (Å²) in [6.45, 7) is 0. The molecule has 0 saturated carbocycles. The SMILES string of the molecule is COc1cc(OC)c(-c2cn3ccc(N=C(c4ccccc4)c4ccccc4)cc3n2)cc1Cl. The van der Waals surface area contributed by atoms with Gasteiger partial charge in [0.1, 0.15) is 17.1 Å². The Balaban J connectivity index is 1.59. The second kappa shape index (κ2) is 9.41. The van der Waals surface area contributed by atoms with Gasteiger partial charge in [0.25, 0.3) is 0 Å². The van der Waals surface area contributed by atoms with E-state index >= 15 is 0 Å². The molecule has 0 saturated heterocycles. The summed E-state index contributed by atoms with van der Waals surface area (Å²) in [5, 5.41) is 0.496. The molecule has 0 radical (unpaired) electrons. The van der Waals surface area contributed by atoms with Crippen LogP contribution in [0.2, 0.25) is 5.02 Å². The standard InChI is InChI=1S/C28H22ClN3O2/c1-33-25-17-26(34-2)23(29)16-22(25)24-18-32-14-13-21(15-27(32)31-24)30-28(19-9-5-3-6-10-19)20-11-7-4-8-12-20/h3-18H,1-2H3. The van der Waals surface area contributed by atoms with Crippen molar-refractivity contribution in [1.29, 1.82) is 0 Å². The third-order valence-corrected chi connectivity index (χ3v) is 5.82. The van der Waals surface area contributed by atoms with Gasteiger partial charge in [0, 0.05) is 41.2 Å². The van der Waals surface area contributed by atoms with Gasteiger partial charge >= 0.3 is 0 Å². The van der Waals surface area contributed by atoms with Crippen molar-refractivity contribution in [2.45, 2.75) is 0 Å². The number of ether oxygens (including phenoxy) is 2. The molecule has 2 aromatic heterocycles. The molecule has 0 N–H and O–H groups in total. The van der Waals surface area contributed by atoms with Gasteiger partial charge in [-0.1, -0.05) is 72.3 Å². The lowest BCUT2D eigenvalue weighted by Crippen LogP contribution is -2.02. The van der Waals surface area contributed by atoms with Crippen molar-refractivity contribution < 1.29 is 9.47 Å². The number of aliphatic imine (C=N–C) groups is 1. The molecule has 3 aromatic carbocycles. The predicted molar refractivity (Wildman–Crippen MR) is 137 cm³/mol. The zero-order valence-electron chi connectivity index (χ0n) is 18.8. The molecule has 0 aliphatic rings. The molecule has 0 atom stereocenters. The van der Waals surface area contributed by atoms with Crippen LogP contribution in [0.15, 0.2) is 102 Å². The fourth-order valence-electron chi connectivity index (χ4n) is 3.85. The fourth-order valence-corrected chi connectivity index (χ4v) is 4.09. The van der Waals surface area contributed by atoms with Crippen LogP contribution in [0.5, 0.6) is 11.5 Å². The van der Waals surface area contributed by atoms with Crippen LogP contribution in [0.4, 0.5) is 5.69 Å². The van der Waals surface area contributed by atoms with Crippen molar-refractivity contribution in [3.05, 3.63) is 113 Å². The lowest BCUT2D eigenvalue weighted by atomic mass is 10.0. The second-order valence-corrected chi connectivity index (χ2v) is 8.06. The van der Waals surface area contributed by atoms with Crippen LogP contribution in [-0.2, 0) is 0 Å². The topological polar surface area (TPSA) is 48.1 Å². The van der Waals surface area contributed by atoms with Crippen molar-refractivity contribution in [3.8, 4) is 22.8 Å². The van der Waals surface area contributed by atoms with Crippen LogP contribution < -0.4 is 9.47 Å². The van der Waals surface area contributed by atoms with Crippen LogP contribution >= 0.6 is 11.6 Å². The molecule has 168 valence electrons. The first-order chi connectivity index (χ1) is 16.7. The van der Waals surface area contributed by atoms with Gasteiger partial charge in [0.15, 0.2) is 0 Å². The lowest BCUT2D eigenvalue weighted by molar-refractivity contribution is 0.395. The number of hydrogen-bond acceptors (Lipinski definition) is 4. The zero-order chi connectivity index (χ0) is 23.5. The number of pyridine rings is 1. The van der Waals surface area contributed by atoms with E-state index in [1.165, 1.54) is 0 Å². The summed E-state index contributed by atoms with van der Waals surface area (Å²) in [5.74, 6) is 1.19. The average molecular weight is 468 g/mol. The van der Waals surface area contributed by atoms with E-state index < -0.39 is 0 Å². The van der Waals surface area contributed by atoms with Crippen LogP contribution in [0.25, 0.3) is 16.9 Å². The predicted octanol–water partition coefficient (Wildman–Crippen LogP) is 6.84. The summed E-state index contributed by atoms with van der Waals surface area (Å²) in [4.78, 5) is 9.82. The highest BCUT2D eigenvalue weighted by Crippen LogP contribution is 2.38. The Morgan fingerprint density at radius 2 is 1.47 bits per heavy atom. The molecular formula is C28H22ClN3O2. The molecule has 2 heterocycles. The summed E-state index contributed by atoms with van der Waals surface area (Å²) in [6, 6.07) is 27.9. The molecule has 34 heavy (non-hydrogen) atoms. The number of halogens is 1. The molecule has 0 amide bonds. The van der Waals surface area contributed by atoms with Gasteiger partial charge in [0.2, 0.25) is 0 Å². The third-order valence-electron chi connectivity index (χ3n) is 5.53. The summed E-state index contributed by atoms with van der Waals surface area (Å²) in [6.07, 6.45) is 3.90.